The number of aliphatic hydroxyl groups excluding tert-OH is 1. The van der Waals surface area contributed by atoms with Crippen LogP contribution in [0.3, 0.4) is 0 Å². The van der Waals surface area contributed by atoms with E-state index in [1.54, 1.807) is 19.0 Å². The number of hydrogen-bond acceptors (Lipinski definition) is 4. The highest BCUT2D eigenvalue weighted by atomic mass is 16.2. The molecule has 2 N–H and O–H groups in total. The smallest absolute Gasteiger partial charge is 0.240 e. The molecule has 16 heavy (non-hydrogen) atoms. The van der Waals surface area contributed by atoms with Crippen molar-refractivity contribution in [3.63, 3.8) is 0 Å². The fourth-order valence-corrected chi connectivity index (χ4v) is 1.98. The lowest BCUT2D eigenvalue weighted by atomic mass is 10.1. The second kappa shape index (κ2) is 6.83. The van der Waals surface area contributed by atoms with Crippen LogP contribution in [0.25, 0.3) is 0 Å². The lowest BCUT2D eigenvalue weighted by Crippen LogP contribution is -2.57. The minimum atomic E-state index is -0.0394. The molecule has 0 radical (unpaired) electrons. The Labute approximate surface area is 97.4 Å². The highest BCUT2D eigenvalue weighted by Crippen LogP contribution is 2.07. The Morgan fingerprint density at radius 2 is 2.25 bits per heavy atom. The third kappa shape index (κ3) is 3.73. The van der Waals surface area contributed by atoms with E-state index in [4.69, 9.17) is 5.11 Å². The quantitative estimate of drug-likeness (QED) is 0.601. The van der Waals surface area contributed by atoms with Crippen molar-refractivity contribution in [2.75, 3.05) is 46.9 Å². The standard InChI is InChI=1S/C11H23N3O2/c1-13(2)11(16)10-9-12-5-7-14(10)6-3-4-8-15/h10,12,15H,3-9H2,1-2H3. The van der Waals surface area contributed by atoms with Crippen LogP contribution in [0.1, 0.15) is 12.8 Å². The summed E-state index contributed by atoms with van der Waals surface area (Å²) in [6.45, 7) is 3.72. The highest BCUT2D eigenvalue weighted by molar-refractivity contribution is 5.81. The van der Waals surface area contributed by atoms with Gasteiger partial charge in [0.15, 0.2) is 0 Å². The van der Waals surface area contributed by atoms with Gasteiger partial charge in [0.2, 0.25) is 5.91 Å². The molecule has 1 amide bonds. The van der Waals surface area contributed by atoms with E-state index in [0.717, 1.165) is 39.0 Å². The zero-order chi connectivity index (χ0) is 12.0. The number of rotatable bonds is 5. The number of piperazine rings is 1. The molecule has 0 aromatic rings. The van der Waals surface area contributed by atoms with E-state index in [0.29, 0.717) is 0 Å². The molecule has 1 heterocycles. The number of amides is 1. The summed E-state index contributed by atoms with van der Waals surface area (Å²) < 4.78 is 0. The van der Waals surface area contributed by atoms with E-state index < -0.39 is 0 Å². The van der Waals surface area contributed by atoms with Gasteiger partial charge in [-0.1, -0.05) is 0 Å². The number of carbonyl (C=O) groups is 1. The average molecular weight is 229 g/mol. The first kappa shape index (κ1) is 13.4. The summed E-state index contributed by atoms with van der Waals surface area (Å²) in [4.78, 5) is 15.8. The van der Waals surface area contributed by atoms with E-state index >= 15 is 0 Å². The molecule has 0 aliphatic carbocycles. The van der Waals surface area contributed by atoms with Crippen LogP contribution in [-0.2, 0) is 4.79 Å². The van der Waals surface area contributed by atoms with E-state index in [1.807, 2.05) is 0 Å². The van der Waals surface area contributed by atoms with E-state index in [9.17, 15) is 4.79 Å². The Morgan fingerprint density at radius 1 is 1.50 bits per heavy atom. The third-order valence-corrected chi connectivity index (χ3v) is 2.93. The fourth-order valence-electron chi connectivity index (χ4n) is 1.98. The maximum atomic E-state index is 11.9. The first-order chi connectivity index (χ1) is 7.66. The molecule has 1 atom stereocenters. The van der Waals surface area contributed by atoms with Crippen LogP contribution in [0.4, 0.5) is 0 Å². The number of aliphatic hydroxyl groups is 1. The van der Waals surface area contributed by atoms with Crippen molar-refractivity contribution in [2.45, 2.75) is 18.9 Å². The Morgan fingerprint density at radius 3 is 2.88 bits per heavy atom. The van der Waals surface area contributed by atoms with Gasteiger partial charge in [0.1, 0.15) is 6.04 Å². The molecular formula is C11H23N3O2. The summed E-state index contributed by atoms with van der Waals surface area (Å²) in [6, 6.07) is -0.0394. The second-order valence-electron chi connectivity index (χ2n) is 4.42. The van der Waals surface area contributed by atoms with Crippen molar-refractivity contribution in [1.29, 1.82) is 0 Å². The first-order valence-electron chi connectivity index (χ1n) is 5.93. The van der Waals surface area contributed by atoms with Crippen molar-refractivity contribution in [1.82, 2.24) is 15.1 Å². The predicted octanol–water partition coefficient (Wildman–Crippen LogP) is -0.879. The molecule has 94 valence electrons. The molecule has 1 aliphatic heterocycles. The van der Waals surface area contributed by atoms with Crippen LogP contribution >= 0.6 is 0 Å². The molecule has 5 heteroatoms. The van der Waals surface area contributed by atoms with Crippen molar-refractivity contribution in [3.8, 4) is 0 Å². The SMILES string of the molecule is CN(C)C(=O)C1CNCCN1CCCCO. The van der Waals surface area contributed by atoms with Gasteiger partial charge in [-0.2, -0.15) is 0 Å². The molecule has 1 fully saturated rings. The van der Waals surface area contributed by atoms with E-state index in [2.05, 4.69) is 10.2 Å². The summed E-state index contributed by atoms with van der Waals surface area (Å²) in [5.41, 5.74) is 0. The first-order valence-corrected chi connectivity index (χ1v) is 5.93. The van der Waals surface area contributed by atoms with Crippen molar-refractivity contribution < 1.29 is 9.90 Å². The number of carbonyl (C=O) groups excluding carboxylic acids is 1. The van der Waals surface area contributed by atoms with Crippen LogP contribution in [-0.4, -0.2) is 73.7 Å². The third-order valence-electron chi connectivity index (χ3n) is 2.93. The molecule has 0 spiro atoms. The number of nitrogens with zero attached hydrogens (tertiary/aromatic N) is 2. The number of nitrogens with one attached hydrogen (secondary N) is 1. The maximum Gasteiger partial charge on any atom is 0.240 e. The summed E-state index contributed by atoms with van der Waals surface area (Å²) in [6.07, 6.45) is 1.76. The van der Waals surface area contributed by atoms with Gasteiger partial charge in [-0.25, -0.2) is 0 Å². The highest BCUT2D eigenvalue weighted by Gasteiger charge is 2.28. The van der Waals surface area contributed by atoms with E-state index in [-0.39, 0.29) is 18.6 Å². The largest absolute Gasteiger partial charge is 0.396 e. The van der Waals surface area contributed by atoms with Gasteiger partial charge in [-0.05, 0) is 19.4 Å². The lowest BCUT2D eigenvalue weighted by molar-refractivity contribution is -0.135. The molecule has 1 rings (SSSR count). The predicted molar refractivity (Wildman–Crippen MR) is 63.2 cm³/mol. The van der Waals surface area contributed by atoms with Crippen LogP contribution in [0.15, 0.2) is 0 Å². The van der Waals surface area contributed by atoms with Crippen molar-refractivity contribution in [3.05, 3.63) is 0 Å². The van der Waals surface area contributed by atoms with Gasteiger partial charge in [-0.3, -0.25) is 9.69 Å². The molecule has 1 unspecified atom stereocenters. The van der Waals surface area contributed by atoms with Crippen LogP contribution in [0.5, 0.6) is 0 Å². The van der Waals surface area contributed by atoms with Gasteiger partial charge in [-0.15, -0.1) is 0 Å². The molecular weight excluding hydrogens is 206 g/mol. The normalized spacial score (nSPS) is 22.1. The zero-order valence-corrected chi connectivity index (χ0v) is 10.3. The Balaban J connectivity index is 2.46. The Hall–Kier alpha value is -0.650. The van der Waals surface area contributed by atoms with Gasteiger partial charge in [0.05, 0.1) is 0 Å². The van der Waals surface area contributed by atoms with Gasteiger partial charge < -0.3 is 15.3 Å². The minimum absolute atomic E-state index is 0.0394. The summed E-state index contributed by atoms with van der Waals surface area (Å²) >= 11 is 0. The minimum Gasteiger partial charge on any atom is -0.396 e. The van der Waals surface area contributed by atoms with E-state index in [1.165, 1.54) is 0 Å². The van der Waals surface area contributed by atoms with Crippen molar-refractivity contribution in [2.24, 2.45) is 0 Å². The number of likely N-dealkylation sites (N-methyl/N-ethyl adjacent to an activating group) is 1. The maximum absolute atomic E-state index is 11.9. The molecule has 0 aromatic carbocycles. The molecule has 0 aromatic heterocycles. The zero-order valence-electron chi connectivity index (χ0n) is 10.3. The second-order valence-corrected chi connectivity index (χ2v) is 4.42. The molecule has 1 saturated heterocycles. The van der Waals surface area contributed by atoms with Crippen molar-refractivity contribution >= 4 is 5.91 Å². The van der Waals surface area contributed by atoms with Crippen LogP contribution < -0.4 is 5.32 Å². The molecule has 0 saturated carbocycles. The number of hydrogen-bond donors (Lipinski definition) is 2. The Bertz CT molecular complexity index is 221. The average Bonchev–Trinajstić information content (AvgIpc) is 2.29. The van der Waals surface area contributed by atoms with Gasteiger partial charge in [0.25, 0.3) is 0 Å². The molecule has 5 nitrogen and oxygen atoms in total. The van der Waals surface area contributed by atoms with Crippen LogP contribution in [0, 0.1) is 0 Å². The van der Waals surface area contributed by atoms with Gasteiger partial charge >= 0.3 is 0 Å². The summed E-state index contributed by atoms with van der Waals surface area (Å²) in [7, 11) is 3.59. The fraction of sp³-hybridized carbons (Fsp3) is 0.909. The Kier molecular flexibility index (Phi) is 5.73. The van der Waals surface area contributed by atoms with Crippen LogP contribution in [0.2, 0.25) is 0 Å². The summed E-state index contributed by atoms with van der Waals surface area (Å²) in [5.74, 6) is 0.163. The molecule has 1 aliphatic rings. The molecule has 0 bridgehead atoms. The number of unbranched alkanes of at least 4 members (excludes halogenated alkanes) is 1. The monoisotopic (exact) mass is 229 g/mol. The topological polar surface area (TPSA) is 55.8 Å². The summed E-state index contributed by atoms with van der Waals surface area (Å²) in [5, 5.41) is 12.0. The van der Waals surface area contributed by atoms with Gasteiger partial charge in [0, 0.05) is 40.3 Å². The lowest BCUT2D eigenvalue weighted by Gasteiger charge is -2.36.